The van der Waals surface area contributed by atoms with E-state index in [9.17, 15) is 0 Å². The topological polar surface area (TPSA) is 24.5 Å². The number of aryl methyl sites for hydroxylation is 1. The van der Waals surface area contributed by atoms with E-state index in [-0.39, 0.29) is 0 Å². The van der Waals surface area contributed by atoms with Crippen molar-refractivity contribution in [2.24, 2.45) is 0 Å². The summed E-state index contributed by atoms with van der Waals surface area (Å²) in [6, 6.07) is 10.1. The fourth-order valence-electron chi connectivity index (χ4n) is 3.01. The average molecular weight is 290 g/mol. The fraction of sp³-hybridized carbons (Fsp3) is 0.667. The Morgan fingerprint density at radius 1 is 1.29 bits per heavy atom. The van der Waals surface area contributed by atoms with Gasteiger partial charge in [-0.1, -0.05) is 44.5 Å². The van der Waals surface area contributed by atoms with Crippen molar-refractivity contribution in [3.05, 3.63) is 35.4 Å². The molecule has 1 saturated heterocycles. The average Bonchev–Trinajstić information content (AvgIpc) is 2.50. The van der Waals surface area contributed by atoms with E-state index in [1.54, 1.807) is 0 Å². The van der Waals surface area contributed by atoms with Gasteiger partial charge in [0.1, 0.15) is 0 Å². The molecular formula is C18H30N2O. The molecule has 0 amide bonds. The minimum atomic E-state index is 0.409. The highest BCUT2D eigenvalue weighted by atomic mass is 16.5. The second-order valence-corrected chi connectivity index (χ2v) is 6.02. The molecule has 0 saturated carbocycles. The Kier molecular flexibility index (Phi) is 6.68. The summed E-state index contributed by atoms with van der Waals surface area (Å²) in [6.07, 6.45) is 2.38. The molecule has 0 bridgehead atoms. The largest absolute Gasteiger partial charge is 0.379 e. The van der Waals surface area contributed by atoms with E-state index < -0.39 is 0 Å². The second-order valence-electron chi connectivity index (χ2n) is 6.02. The lowest BCUT2D eigenvalue weighted by Crippen LogP contribution is -2.47. The molecule has 1 N–H and O–H groups in total. The van der Waals surface area contributed by atoms with Crippen molar-refractivity contribution < 1.29 is 4.74 Å². The number of benzene rings is 1. The molecule has 2 rings (SSSR count). The van der Waals surface area contributed by atoms with Gasteiger partial charge >= 0.3 is 0 Å². The zero-order valence-corrected chi connectivity index (χ0v) is 13.8. The van der Waals surface area contributed by atoms with Crippen LogP contribution in [0.3, 0.4) is 0 Å². The van der Waals surface area contributed by atoms with Gasteiger partial charge in [0.25, 0.3) is 0 Å². The quantitative estimate of drug-likeness (QED) is 0.835. The van der Waals surface area contributed by atoms with Crippen LogP contribution in [-0.4, -0.2) is 43.8 Å². The molecule has 2 unspecified atom stereocenters. The third kappa shape index (κ3) is 4.80. The summed E-state index contributed by atoms with van der Waals surface area (Å²) in [5.41, 5.74) is 2.84. The summed E-state index contributed by atoms with van der Waals surface area (Å²) in [4.78, 5) is 2.54. The van der Waals surface area contributed by atoms with Crippen molar-refractivity contribution in [1.82, 2.24) is 10.2 Å². The van der Waals surface area contributed by atoms with Gasteiger partial charge in [0.2, 0.25) is 0 Å². The van der Waals surface area contributed by atoms with Gasteiger partial charge in [0.15, 0.2) is 0 Å². The van der Waals surface area contributed by atoms with Crippen molar-refractivity contribution in [2.45, 2.75) is 45.7 Å². The lowest BCUT2D eigenvalue weighted by molar-refractivity contribution is -0.00442. The second kappa shape index (κ2) is 8.52. The molecular weight excluding hydrogens is 260 g/mol. The van der Waals surface area contributed by atoms with Gasteiger partial charge in [-0.2, -0.15) is 0 Å². The zero-order chi connectivity index (χ0) is 15.1. The Bertz CT molecular complexity index is 404. The maximum absolute atomic E-state index is 5.54. The lowest BCUT2D eigenvalue weighted by atomic mass is 10.0. The smallest absolute Gasteiger partial charge is 0.0619 e. The SMILES string of the molecule is CCCc1ccc(C(CN2CCOCC2C)NCC)cc1. The number of hydrogen-bond donors (Lipinski definition) is 1. The number of likely N-dealkylation sites (N-methyl/N-ethyl adjacent to an activating group) is 1. The van der Waals surface area contributed by atoms with Crippen LogP contribution >= 0.6 is 0 Å². The number of rotatable bonds is 7. The summed E-state index contributed by atoms with van der Waals surface area (Å²) < 4.78 is 5.54. The highest BCUT2D eigenvalue weighted by Gasteiger charge is 2.22. The molecule has 2 atom stereocenters. The van der Waals surface area contributed by atoms with E-state index in [1.165, 1.54) is 24.0 Å². The summed E-state index contributed by atoms with van der Waals surface area (Å²) in [5, 5.41) is 3.64. The molecule has 1 aromatic rings. The molecule has 0 radical (unpaired) electrons. The first-order chi connectivity index (χ1) is 10.2. The highest BCUT2D eigenvalue weighted by molar-refractivity contribution is 5.25. The van der Waals surface area contributed by atoms with Gasteiger partial charge in [-0.15, -0.1) is 0 Å². The Hall–Kier alpha value is -0.900. The van der Waals surface area contributed by atoms with Gasteiger partial charge in [-0.05, 0) is 31.0 Å². The molecule has 0 aliphatic carbocycles. The Morgan fingerprint density at radius 2 is 2.05 bits per heavy atom. The molecule has 118 valence electrons. The van der Waals surface area contributed by atoms with Crippen molar-refractivity contribution >= 4 is 0 Å². The monoisotopic (exact) mass is 290 g/mol. The first kappa shape index (κ1) is 16.5. The van der Waals surface area contributed by atoms with E-state index in [2.05, 4.69) is 55.3 Å². The Labute approximate surface area is 129 Å². The van der Waals surface area contributed by atoms with Crippen molar-refractivity contribution in [2.75, 3.05) is 32.8 Å². The molecule has 21 heavy (non-hydrogen) atoms. The van der Waals surface area contributed by atoms with Crippen molar-refractivity contribution in [1.29, 1.82) is 0 Å². The highest BCUT2D eigenvalue weighted by Crippen LogP contribution is 2.18. The van der Waals surface area contributed by atoms with Crippen LogP contribution in [-0.2, 0) is 11.2 Å². The molecule has 3 heteroatoms. The Balaban J connectivity index is 2.03. The minimum Gasteiger partial charge on any atom is -0.379 e. The van der Waals surface area contributed by atoms with E-state index >= 15 is 0 Å². The first-order valence-electron chi connectivity index (χ1n) is 8.38. The molecule has 0 aromatic heterocycles. The van der Waals surface area contributed by atoms with Gasteiger partial charge in [-0.3, -0.25) is 4.90 Å². The normalized spacial score (nSPS) is 21.4. The van der Waals surface area contributed by atoms with E-state index in [0.717, 1.165) is 32.8 Å². The zero-order valence-electron chi connectivity index (χ0n) is 13.8. The molecule has 3 nitrogen and oxygen atoms in total. The predicted octanol–water partition coefficient (Wildman–Crippen LogP) is 3.01. The first-order valence-corrected chi connectivity index (χ1v) is 8.38. The summed E-state index contributed by atoms with van der Waals surface area (Å²) in [6.45, 7) is 11.5. The third-order valence-corrected chi connectivity index (χ3v) is 4.29. The number of nitrogens with zero attached hydrogens (tertiary/aromatic N) is 1. The van der Waals surface area contributed by atoms with Crippen LogP contribution in [0.15, 0.2) is 24.3 Å². The molecule has 1 aromatic carbocycles. The molecule has 0 spiro atoms. The van der Waals surface area contributed by atoms with Crippen molar-refractivity contribution in [3.63, 3.8) is 0 Å². The molecule has 1 heterocycles. The van der Waals surface area contributed by atoms with Crippen LogP contribution in [0.5, 0.6) is 0 Å². The van der Waals surface area contributed by atoms with E-state index in [4.69, 9.17) is 4.74 Å². The fourth-order valence-corrected chi connectivity index (χ4v) is 3.01. The summed E-state index contributed by atoms with van der Waals surface area (Å²) >= 11 is 0. The number of ether oxygens (including phenoxy) is 1. The van der Waals surface area contributed by atoms with E-state index in [0.29, 0.717) is 12.1 Å². The molecule has 1 fully saturated rings. The summed E-state index contributed by atoms with van der Waals surface area (Å²) in [5.74, 6) is 0. The van der Waals surface area contributed by atoms with E-state index in [1.807, 2.05) is 0 Å². The Morgan fingerprint density at radius 3 is 2.67 bits per heavy atom. The minimum absolute atomic E-state index is 0.409. The molecule has 1 aliphatic rings. The van der Waals surface area contributed by atoms with Gasteiger partial charge in [0.05, 0.1) is 13.2 Å². The predicted molar refractivity (Wildman–Crippen MR) is 88.7 cm³/mol. The molecule has 1 aliphatic heterocycles. The van der Waals surface area contributed by atoms with Gasteiger partial charge in [0, 0.05) is 25.2 Å². The lowest BCUT2D eigenvalue weighted by Gasteiger charge is -2.36. The van der Waals surface area contributed by atoms with Gasteiger partial charge in [-0.25, -0.2) is 0 Å². The maximum Gasteiger partial charge on any atom is 0.0619 e. The number of nitrogens with one attached hydrogen (secondary N) is 1. The number of morpholine rings is 1. The van der Waals surface area contributed by atoms with Crippen LogP contribution in [0.4, 0.5) is 0 Å². The standard InChI is InChI=1S/C18H30N2O/c1-4-6-16-7-9-17(10-8-16)18(19-5-2)13-20-11-12-21-14-15(20)3/h7-10,15,18-19H,4-6,11-14H2,1-3H3. The number of hydrogen-bond acceptors (Lipinski definition) is 3. The van der Waals surface area contributed by atoms with Crippen LogP contribution in [0.25, 0.3) is 0 Å². The van der Waals surface area contributed by atoms with Crippen LogP contribution in [0, 0.1) is 0 Å². The van der Waals surface area contributed by atoms with Crippen LogP contribution in [0.2, 0.25) is 0 Å². The van der Waals surface area contributed by atoms with Gasteiger partial charge < -0.3 is 10.1 Å². The van der Waals surface area contributed by atoms with Crippen molar-refractivity contribution in [3.8, 4) is 0 Å². The van der Waals surface area contributed by atoms with Crippen LogP contribution < -0.4 is 5.32 Å². The van der Waals surface area contributed by atoms with Crippen LogP contribution in [0.1, 0.15) is 44.4 Å². The summed E-state index contributed by atoms with van der Waals surface area (Å²) in [7, 11) is 0. The maximum atomic E-state index is 5.54. The third-order valence-electron chi connectivity index (χ3n) is 4.29.